The Balaban J connectivity index is 1.73. The molecule has 1 amide bonds. The zero-order chi connectivity index (χ0) is 16.4. The van der Waals surface area contributed by atoms with Crippen molar-refractivity contribution in [2.75, 3.05) is 44.3 Å². The third-order valence-corrected chi connectivity index (χ3v) is 5.03. The van der Waals surface area contributed by atoms with Crippen LogP contribution in [0.3, 0.4) is 0 Å². The lowest BCUT2D eigenvalue weighted by Crippen LogP contribution is -2.36. The van der Waals surface area contributed by atoms with Crippen LogP contribution in [-0.4, -0.2) is 56.2 Å². The van der Waals surface area contributed by atoms with Gasteiger partial charge in [-0.25, -0.2) is 0 Å². The van der Waals surface area contributed by atoms with Gasteiger partial charge in [-0.1, -0.05) is 19.9 Å². The first-order chi connectivity index (χ1) is 11.1. The van der Waals surface area contributed by atoms with E-state index in [1.165, 1.54) is 0 Å². The minimum absolute atomic E-state index is 0.0846. The van der Waals surface area contributed by atoms with Gasteiger partial charge in [0.1, 0.15) is 0 Å². The number of hydrogen-bond acceptors (Lipinski definition) is 4. The van der Waals surface area contributed by atoms with Crippen LogP contribution in [0.1, 0.15) is 24.2 Å². The molecule has 5 nitrogen and oxygen atoms in total. The molecule has 0 saturated carbocycles. The molecule has 0 spiro atoms. The van der Waals surface area contributed by atoms with E-state index in [-0.39, 0.29) is 11.9 Å². The lowest BCUT2D eigenvalue weighted by atomic mass is 9.92. The summed E-state index contributed by atoms with van der Waals surface area (Å²) in [5.41, 5.74) is 8.07. The van der Waals surface area contributed by atoms with Crippen molar-refractivity contribution >= 4 is 11.6 Å². The Morgan fingerprint density at radius 3 is 2.65 bits per heavy atom. The number of ether oxygens (including phenoxy) is 1. The highest BCUT2D eigenvalue weighted by atomic mass is 16.5. The number of nitrogens with zero attached hydrogens (tertiary/aromatic N) is 2. The molecule has 1 aromatic rings. The number of hydrogen-bond donors (Lipinski definition) is 1. The van der Waals surface area contributed by atoms with Crippen molar-refractivity contribution < 1.29 is 9.53 Å². The quantitative estimate of drug-likeness (QED) is 0.919. The fourth-order valence-corrected chi connectivity index (χ4v) is 3.57. The lowest BCUT2D eigenvalue weighted by Gasteiger charge is -2.29. The van der Waals surface area contributed by atoms with Crippen molar-refractivity contribution in [3.05, 3.63) is 29.8 Å². The first kappa shape index (κ1) is 16.3. The van der Waals surface area contributed by atoms with E-state index >= 15 is 0 Å². The first-order valence-corrected chi connectivity index (χ1v) is 8.54. The molecule has 2 fully saturated rings. The minimum Gasteiger partial charge on any atom is -0.378 e. The average Bonchev–Trinajstić information content (AvgIpc) is 2.97. The van der Waals surface area contributed by atoms with Gasteiger partial charge in [0, 0.05) is 43.5 Å². The summed E-state index contributed by atoms with van der Waals surface area (Å²) in [7, 11) is 0. The van der Waals surface area contributed by atoms with Gasteiger partial charge < -0.3 is 20.3 Å². The van der Waals surface area contributed by atoms with Gasteiger partial charge in [0.2, 0.25) is 0 Å². The maximum atomic E-state index is 12.8. The normalized spacial score (nSPS) is 25.2. The van der Waals surface area contributed by atoms with Crippen LogP contribution in [0.5, 0.6) is 0 Å². The molecule has 0 unspecified atom stereocenters. The molecule has 2 atom stereocenters. The SMILES string of the molecule is CC(C)[C@H]1CN(C(=O)c2cccc(N3CCOCC3)c2)C[C@@H]1N. The van der Waals surface area contributed by atoms with E-state index in [0.29, 0.717) is 18.4 Å². The van der Waals surface area contributed by atoms with Gasteiger partial charge in [-0.3, -0.25) is 4.79 Å². The van der Waals surface area contributed by atoms with E-state index in [1.807, 2.05) is 23.1 Å². The van der Waals surface area contributed by atoms with Gasteiger partial charge in [0.15, 0.2) is 0 Å². The predicted octanol–water partition coefficient (Wildman–Crippen LogP) is 1.58. The Hall–Kier alpha value is -1.59. The molecular weight excluding hydrogens is 290 g/mol. The first-order valence-electron chi connectivity index (χ1n) is 8.54. The molecule has 0 bridgehead atoms. The Labute approximate surface area is 138 Å². The van der Waals surface area contributed by atoms with Crippen LogP contribution in [0.4, 0.5) is 5.69 Å². The number of nitrogens with two attached hydrogens (primary N) is 1. The monoisotopic (exact) mass is 317 g/mol. The Kier molecular flexibility index (Phi) is 4.87. The van der Waals surface area contributed by atoms with Crippen LogP contribution in [0.25, 0.3) is 0 Å². The number of anilines is 1. The molecule has 2 aliphatic heterocycles. The molecule has 2 aliphatic rings. The number of carbonyl (C=O) groups is 1. The minimum atomic E-state index is 0.0846. The second-order valence-electron chi connectivity index (χ2n) is 6.93. The number of benzene rings is 1. The van der Waals surface area contributed by atoms with Gasteiger partial charge >= 0.3 is 0 Å². The van der Waals surface area contributed by atoms with Crippen LogP contribution in [0.2, 0.25) is 0 Å². The van der Waals surface area contributed by atoms with E-state index in [1.54, 1.807) is 0 Å². The van der Waals surface area contributed by atoms with E-state index in [4.69, 9.17) is 10.5 Å². The van der Waals surface area contributed by atoms with Crippen molar-refractivity contribution in [1.29, 1.82) is 0 Å². The number of amides is 1. The third kappa shape index (κ3) is 3.51. The molecule has 2 heterocycles. The summed E-state index contributed by atoms with van der Waals surface area (Å²) in [6, 6.07) is 8.02. The summed E-state index contributed by atoms with van der Waals surface area (Å²) in [6.45, 7) is 9.02. The van der Waals surface area contributed by atoms with E-state index in [2.05, 4.69) is 24.8 Å². The second-order valence-corrected chi connectivity index (χ2v) is 6.93. The van der Waals surface area contributed by atoms with E-state index in [9.17, 15) is 4.79 Å². The van der Waals surface area contributed by atoms with Crippen LogP contribution in [0, 0.1) is 11.8 Å². The summed E-state index contributed by atoms with van der Waals surface area (Å²) in [5.74, 6) is 0.988. The summed E-state index contributed by atoms with van der Waals surface area (Å²) in [5, 5.41) is 0. The third-order valence-electron chi connectivity index (χ3n) is 5.03. The number of rotatable bonds is 3. The summed E-state index contributed by atoms with van der Waals surface area (Å²) >= 11 is 0. The van der Waals surface area contributed by atoms with Crippen LogP contribution >= 0.6 is 0 Å². The second kappa shape index (κ2) is 6.89. The molecule has 23 heavy (non-hydrogen) atoms. The highest BCUT2D eigenvalue weighted by Crippen LogP contribution is 2.25. The smallest absolute Gasteiger partial charge is 0.253 e. The molecule has 126 valence electrons. The van der Waals surface area contributed by atoms with E-state index in [0.717, 1.165) is 44.1 Å². The van der Waals surface area contributed by atoms with Crippen molar-refractivity contribution in [2.24, 2.45) is 17.6 Å². The maximum Gasteiger partial charge on any atom is 0.253 e. The number of likely N-dealkylation sites (tertiary alicyclic amines) is 1. The fourth-order valence-electron chi connectivity index (χ4n) is 3.57. The van der Waals surface area contributed by atoms with Crippen molar-refractivity contribution in [1.82, 2.24) is 4.90 Å². The topological polar surface area (TPSA) is 58.8 Å². The molecule has 2 saturated heterocycles. The van der Waals surface area contributed by atoms with Gasteiger partial charge in [0.05, 0.1) is 13.2 Å². The zero-order valence-electron chi connectivity index (χ0n) is 14.1. The van der Waals surface area contributed by atoms with Crippen LogP contribution in [-0.2, 0) is 4.74 Å². The molecule has 5 heteroatoms. The standard InChI is InChI=1S/C18H27N3O2/c1-13(2)16-11-21(12-17(16)19)18(22)14-4-3-5-15(10-14)20-6-8-23-9-7-20/h3-5,10,13,16-17H,6-9,11-12,19H2,1-2H3/t16-,17+/m1/s1. The fraction of sp³-hybridized carbons (Fsp3) is 0.611. The highest BCUT2D eigenvalue weighted by molar-refractivity contribution is 5.95. The van der Waals surface area contributed by atoms with E-state index < -0.39 is 0 Å². The zero-order valence-corrected chi connectivity index (χ0v) is 14.1. The Morgan fingerprint density at radius 2 is 2.00 bits per heavy atom. The largest absolute Gasteiger partial charge is 0.378 e. The molecule has 0 radical (unpaired) electrons. The Morgan fingerprint density at radius 1 is 1.26 bits per heavy atom. The average molecular weight is 317 g/mol. The van der Waals surface area contributed by atoms with Crippen molar-refractivity contribution in [3.63, 3.8) is 0 Å². The molecule has 0 aromatic heterocycles. The van der Waals surface area contributed by atoms with Crippen LogP contribution in [0.15, 0.2) is 24.3 Å². The van der Waals surface area contributed by atoms with Gasteiger partial charge in [-0.2, -0.15) is 0 Å². The van der Waals surface area contributed by atoms with Crippen molar-refractivity contribution in [2.45, 2.75) is 19.9 Å². The van der Waals surface area contributed by atoms with Crippen LogP contribution < -0.4 is 10.6 Å². The van der Waals surface area contributed by atoms with Gasteiger partial charge in [-0.05, 0) is 30.0 Å². The number of morpholine rings is 1. The summed E-state index contributed by atoms with van der Waals surface area (Å²) < 4.78 is 5.40. The summed E-state index contributed by atoms with van der Waals surface area (Å²) in [4.78, 5) is 17.0. The van der Waals surface area contributed by atoms with Gasteiger partial charge in [0.25, 0.3) is 5.91 Å². The van der Waals surface area contributed by atoms with Crippen molar-refractivity contribution in [3.8, 4) is 0 Å². The molecule has 3 rings (SSSR count). The lowest BCUT2D eigenvalue weighted by molar-refractivity contribution is 0.0783. The molecule has 1 aromatic carbocycles. The highest BCUT2D eigenvalue weighted by Gasteiger charge is 2.35. The Bertz CT molecular complexity index is 555. The molecular formula is C18H27N3O2. The molecule has 2 N–H and O–H groups in total. The predicted molar refractivity (Wildman–Crippen MR) is 91.7 cm³/mol. The maximum absolute atomic E-state index is 12.8. The van der Waals surface area contributed by atoms with Gasteiger partial charge in [-0.15, -0.1) is 0 Å². The summed E-state index contributed by atoms with van der Waals surface area (Å²) in [6.07, 6.45) is 0. The molecule has 0 aliphatic carbocycles. The number of carbonyl (C=O) groups excluding carboxylic acids is 1.